The first-order chi connectivity index (χ1) is 30.4. The Hall–Kier alpha value is -7.51. The molecule has 0 spiro atoms. The van der Waals surface area contributed by atoms with Gasteiger partial charge in [0.2, 0.25) is 0 Å². The van der Waals surface area contributed by atoms with Gasteiger partial charge in [0.05, 0.1) is 11.1 Å². The summed E-state index contributed by atoms with van der Waals surface area (Å²) in [6.45, 7) is 0. The van der Waals surface area contributed by atoms with Crippen molar-refractivity contribution >= 4 is 64.6 Å². The van der Waals surface area contributed by atoms with Crippen molar-refractivity contribution in [2.75, 3.05) is 0 Å². The van der Waals surface area contributed by atoms with E-state index in [0.717, 1.165) is 106 Å². The van der Waals surface area contributed by atoms with Gasteiger partial charge in [-0.1, -0.05) is 127 Å². The van der Waals surface area contributed by atoms with Gasteiger partial charge in [-0.25, -0.2) is 4.39 Å². The molecule has 11 rings (SSSR count). The van der Waals surface area contributed by atoms with Crippen molar-refractivity contribution in [2.45, 2.75) is 12.4 Å². The average molecular weight is 837 g/mol. The number of alkyl halides is 6. The van der Waals surface area contributed by atoms with E-state index >= 15 is 4.39 Å². The zero-order chi connectivity index (χ0) is 43.2. The van der Waals surface area contributed by atoms with Crippen LogP contribution < -0.4 is 0 Å². The normalized spacial score (nSPS) is 12.4. The lowest BCUT2D eigenvalue weighted by Gasteiger charge is -2.22. The van der Waals surface area contributed by atoms with Crippen LogP contribution in [0, 0.1) is 5.82 Å². The highest BCUT2D eigenvalue weighted by Crippen LogP contribution is 2.50. The molecule has 0 saturated carbocycles. The zero-order valence-electron chi connectivity index (χ0n) is 33.0. The van der Waals surface area contributed by atoms with Gasteiger partial charge in [0.15, 0.2) is 0 Å². The average Bonchev–Trinajstić information content (AvgIpc) is 3.29. The monoisotopic (exact) mass is 836 g/mol. The molecule has 63 heavy (non-hydrogen) atoms. The van der Waals surface area contributed by atoms with E-state index in [1.54, 1.807) is 6.07 Å². The number of fused-ring (bicyclic) bond motifs is 8. The van der Waals surface area contributed by atoms with E-state index in [1.165, 1.54) is 36.4 Å². The lowest BCUT2D eigenvalue weighted by Crippen LogP contribution is -2.04. The standard InChI is InChI=1S/C56H31F7/c57-40-23-26-42-37(27-40)31-50(46-12-6-4-10-44(42)46)54-48-25-18-34(32-13-19-38(20-14-32)55(58,59)60)28-51(48)53(49-30-36-7-1-2-8-41(36)43-9-3-5-11-45(43)49)47-24-17-35(29-52(47)54)33-15-21-39(22-16-33)56(61,62)63/h1-31H. The van der Waals surface area contributed by atoms with Crippen LogP contribution in [0.5, 0.6) is 0 Å². The van der Waals surface area contributed by atoms with Crippen molar-refractivity contribution in [3.8, 4) is 44.5 Å². The van der Waals surface area contributed by atoms with Crippen molar-refractivity contribution in [2.24, 2.45) is 0 Å². The van der Waals surface area contributed by atoms with Gasteiger partial charge in [0.1, 0.15) is 5.82 Å². The summed E-state index contributed by atoms with van der Waals surface area (Å²) >= 11 is 0. The van der Waals surface area contributed by atoms with Crippen molar-refractivity contribution in [3.63, 3.8) is 0 Å². The lowest BCUT2D eigenvalue weighted by molar-refractivity contribution is -0.138. The molecule has 0 unspecified atom stereocenters. The maximum Gasteiger partial charge on any atom is 0.416 e. The van der Waals surface area contributed by atoms with E-state index in [4.69, 9.17) is 0 Å². The van der Waals surface area contributed by atoms with Gasteiger partial charge in [-0.15, -0.1) is 0 Å². The maximum atomic E-state index is 15.1. The molecular weight excluding hydrogens is 806 g/mol. The van der Waals surface area contributed by atoms with Crippen LogP contribution >= 0.6 is 0 Å². The minimum atomic E-state index is -4.50. The Bertz CT molecular complexity index is 3640. The summed E-state index contributed by atoms with van der Waals surface area (Å²) in [7, 11) is 0. The van der Waals surface area contributed by atoms with Gasteiger partial charge in [-0.2, -0.15) is 26.3 Å². The molecule has 0 fully saturated rings. The molecule has 11 aromatic rings. The van der Waals surface area contributed by atoms with E-state index in [9.17, 15) is 26.3 Å². The van der Waals surface area contributed by atoms with Crippen LogP contribution in [-0.2, 0) is 12.4 Å². The number of halogens is 7. The lowest BCUT2D eigenvalue weighted by atomic mass is 9.81. The first-order valence-corrected chi connectivity index (χ1v) is 20.3. The van der Waals surface area contributed by atoms with Crippen molar-refractivity contribution in [1.29, 1.82) is 0 Å². The van der Waals surface area contributed by atoms with Crippen LogP contribution in [-0.4, -0.2) is 0 Å². The SMILES string of the molecule is Fc1ccc2c(c1)cc(-c1c3ccc(-c4ccc(C(F)(F)F)cc4)cc3c(-c3cc4ccccc4c4ccccc34)c3ccc(-c4ccc(C(F)(F)F)cc4)cc13)c1ccccc12. The minimum Gasteiger partial charge on any atom is -0.207 e. The molecule has 0 radical (unpaired) electrons. The second-order valence-corrected chi connectivity index (χ2v) is 15.9. The summed E-state index contributed by atoms with van der Waals surface area (Å²) in [6, 6.07) is 55.4. The Labute approximate surface area is 356 Å². The topological polar surface area (TPSA) is 0 Å². The Balaban J connectivity index is 1.32. The van der Waals surface area contributed by atoms with Crippen LogP contribution in [0.2, 0.25) is 0 Å². The number of hydrogen-bond donors (Lipinski definition) is 0. The van der Waals surface area contributed by atoms with Gasteiger partial charge in [-0.05, 0) is 170 Å². The molecule has 0 aliphatic carbocycles. The minimum absolute atomic E-state index is 0.386. The summed E-state index contributed by atoms with van der Waals surface area (Å²) in [5.74, 6) is -0.386. The highest BCUT2D eigenvalue weighted by molar-refractivity contribution is 6.29. The molecule has 0 bridgehead atoms. The summed E-state index contributed by atoms with van der Waals surface area (Å²) in [5.41, 5.74) is 4.57. The molecule has 0 amide bonds. The van der Waals surface area contributed by atoms with Gasteiger partial charge >= 0.3 is 12.4 Å². The molecule has 0 atom stereocenters. The zero-order valence-corrected chi connectivity index (χ0v) is 33.0. The smallest absolute Gasteiger partial charge is 0.207 e. The Morgan fingerprint density at radius 1 is 0.270 bits per heavy atom. The summed E-state index contributed by atoms with van der Waals surface area (Å²) in [6.07, 6.45) is -8.99. The molecule has 0 N–H and O–H groups in total. The van der Waals surface area contributed by atoms with Gasteiger partial charge < -0.3 is 0 Å². The van der Waals surface area contributed by atoms with E-state index in [2.05, 4.69) is 30.3 Å². The second kappa shape index (κ2) is 14.3. The fraction of sp³-hybridized carbons (Fsp3) is 0.0357. The summed E-state index contributed by atoms with van der Waals surface area (Å²) < 4.78 is 97.4. The van der Waals surface area contributed by atoms with Crippen LogP contribution in [0.15, 0.2) is 188 Å². The molecule has 0 aliphatic rings. The molecule has 0 heterocycles. The maximum absolute atomic E-state index is 15.1. The highest BCUT2D eigenvalue weighted by Gasteiger charge is 2.31. The third kappa shape index (κ3) is 6.46. The first-order valence-electron chi connectivity index (χ1n) is 20.3. The fourth-order valence-corrected chi connectivity index (χ4v) is 9.42. The van der Waals surface area contributed by atoms with Crippen molar-refractivity contribution in [1.82, 2.24) is 0 Å². The summed E-state index contributed by atoms with van der Waals surface area (Å²) in [4.78, 5) is 0. The Kier molecular flexibility index (Phi) is 8.71. The molecule has 0 nitrogen and oxygen atoms in total. The van der Waals surface area contributed by atoms with E-state index < -0.39 is 23.5 Å². The molecule has 0 aliphatic heterocycles. The first kappa shape index (κ1) is 38.4. The van der Waals surface area contributed by atoms with E-state index in [0.29, 0.717) is 27.6 Å². The van der Waals surface area contributed by atoms with Crippen LogP contribution in [0.4, 0.5) is 30.7 Å². The number of hydrogen-bond acceptors (Lipinski definition) is 0. The van der Waals surface area contributed by atoms with Gasteiger partial charge in [0.25, 0.3) is 0 Å². The fourth-order valence-electron chi connectivity index (χ4n) is 9.42. The number of benzene rings is 11. The molecular formula is C56H31F7. The molecule has 0 saturated heterocycles. The van der Waals surface area contributed by atoms with Crippen LogP contribution in [0.1, 0.15) is 11.1 Å². The summed E-state index contributed by atoms with van der Waals surface area (Å²) in [5, 5.41) is 10.8. The van der Waals surface area contributed by atoms with Crippen molar-refractivity contribution < 1.29 is 30.7 Å². The second-order valence-electron chi connectivity index (χ2n) is 15.9. The number of rotatable bonds is 4. The van der Waals surface area contributed by atoms with E-state index in [1.807, 2.05) is 91.0 Å². The predicted molar refractivity (Wildman–Crippen MR) is 243 cm³/mol. The largest absolute Gasteiger partial charge is 0.416 e. The molecule has 0 aromatic heterocycles. The van der Waals surface area contributed by atoms with Gasteiger partial charge in [-0.3, -0.25) is 0 Å². The van der Waals surface area contributed by atoms with Crippen LogP contribution in [0.25, 0.3) is 109 Å². The van der Waals surface area contributed by atoms with Crippen molar-refractivity contribution in [3.05, 3.63) is 205 Å². The van der Waals surface area contributed by atoms with Crippen LogP contribution in [0.3, 0.4) is 0 Å². The third-order valence-corrected chi connectivity index (χ3v) is 12.3. The molecule has 11 aromatic carbocycles. The van der Waals surface area contributed by atoms with E-state index in [-0.39, 0.29) is 5.82 Å². The Morgan fingerprint density at radius 3 is 1.13 bits per heavy atom. The molecule has 7 heteroatoms. The van der Waals surface area contributed by atoms with Gasteiger partial charge in [0, 0.05) is 0 Å². The third-order valence-electron chi connectivity index (χ3n) is 12.3. The quantitative estimate of drug-likeness (QED) is 0.0941. The highest BCUT2D eigenvalue weighted by atomic mass is 19.4. The Morgan fingerprint density at radius 2 is 0.651 bits per heavy atom. The molecule has 304 valence electrons. The predicted octanol–water partition coefficient (Wildman–Crippen LogP) is 17.5.